The molecule has 1 atom stereocenters. The lowest BCUT2D eigenvalue weighted by atomic mass is 10.3. The Morgan fingerprint density at radius 3 is 2.43 bits per heavy atom. The summed E-state index contributed by atoms with van der Waals surface area (Å²) >= 11 is 0. The van der Waals surface area contributed by atoms with Crippen LogP contribution in [0.2, 0.25) is 0 Å². The van der Waals surface area contributed by atoms with Gasteiger partial charge in [-0.3, -0.25) is 10.5 Å². The Kier molecular flexibility index (Phi) is 2.33. The number of nitrogens with one attached hydrogen (secondary N) is 1. The first-order chi connectivity index (χ1) is 3.18. The molecule has 0 spiro atoms. The fourth-order valence-electron chi connectivity index (χ4n) is 0.185. The Hall–Kier alpha value is -0.600. The molecule has 0 aliphatic rings. The van der Waals surface area contributed by atoms with Crippen molar-refractivity contribution < 1.29 is 9.18 Å². The average molecular weight is 104 g/mol. The number of halogens is 1. The van der Waals surface area contributed by atoms with E-state index in [1.165, 1.54) is 6.92 Å². The minimum Gasteiger partial charge on any atom is -0.270 e. The third kappa shape index (κ3) is 2.14. The van der Waals surface area contributed by atoms with E-state index in [9.17, 15) is 9.18 Å². The highest BCUT2D eigenvalue weighted by atomic mass is 19.1. The Balaban J connectivity index is 3.34. The highest BCUT2D eigenvalue weighted by molar-refractivity contribution is 5.77. The van der Waals surface area contributed by atoms with Gasteiger partial charge < -0.3 is 0 Å². The van der Waals surface area contributed by atoms with Crippen molar-refractivity contribution >= 4 is 5.91 Å². The van der Waals surface area contributed by atoms with Gasteiger partial charge in [-0.1, -0.05) is 6.92 Å². The number of hydrogen-bond donors (Lipinski definition) is 0. The number of carbonyl (C=O) groups is 1. The first-order valence-electron chi connectivity index (χ1n) is 2.08. The Labute approximate surface area is 41.5 Å². The van der Waals surface area contributed by atoms with Gasteiger partial charge in [-0.25, -0.2) is 4.39 Å². The van der Waals surface area contributed by atoms with Gasteiger partial charge in [-0.2, -0.15) is 0 Å². The topological polar surface area (TPSA) is 40.9 Å². The summed E-state index contributed by atoms with van der Waals surface area (Å²) in [5.74, 6) is -1.12. The quantitative estimate of drug-likeness (QED) is 0.504. The third-order valence-corrected chi connectivity index (χ3v) is 0.643. The van der Waals surface area contributed by atoms with E-state index in [2.05, 4.69) is 0 Å². The monoisotopic (exact) mass is 104 g/mol. The number of rotatable bonds is 2. The molecular formula is C4H7FNO. The number of carbonyl (C=O) groups excluding carboxylic acids is 1. The van der Waals surface area contributed by atoms with E-state index < -0.39 is 12.1 Å². The molecule has 0 fully saturated rings. The van der Waals surface area contributed by atoms with Crippen LogP contribution in [0.3, 0.4) is 0 Å². The van der Waals surface area contributed by atoms with Crippen LogP contribution < -0.4 is 5.73 Å². The third-order valence-electron chi connectivity index (χ3n) is 0.643. The Morgan fingerprint density at radius 1 is 2.00 bits per heavy atom. The zero-order chi connectivity index (χ0) is 5.86. The van der Waals surface area contributed by atoms with E-state index in [4.69, 9.17) is 5.73 Å². The van der Waals surface area contributed by atoms with Crippen molar-refractivity contribution in [2.45, 2.75) is 19.5 Å². The Bertz CT molecular complexity index is 74.1. The lowest BCUT2D eigenvalue weighted by Crippen LogP contribution is -2.14. The SMILES string of the molecule is CCC(F)C([NH])=O. The van der Waals surface area contributed by atoms with Gasteiger partial charge >= 0.3 is 0 Å². The second-order valence-corrected chi connectivity index (χ2v) is 1.24. The van der Waals surface area contributed by atoms with E-state index in [-0.39, 0.29) is 6.42 Å². The molecule has 41 valence electrons. The molecule has 1 radical (unpaired) electrons. The van der Waals surface area contributed by atoms with Gasteiger partial charge in [0.1, 0.15) is 0 Å². The van der Waals surface area contributed by atoms with Crippen molar-refractivity contribution in [3.05, 3.63) is 0 Å². The van der Waals surface area contributed by atoms with Gasteiger partial charge in [0.25, 0.3) is 5.91 Å². The van der Waals surface area contributed by atoms with Crippen LogP contribution in [0.5, 0.6) is 0 Å². The molecule has 2 nitrogen and oxygen atoms in total. The minimum absolute atomic E-state index is 0.113. The molecule has 0 aliphatic carbocycles. The highest BCUT2D eigenvalue weighted by Gasteiger charge is 2.08. The van der Waals surface area contributed by atoms with Crippen molar-refractivity contribution in [1.82, 2.24) is 5.73 Å². The summed E-state index contributed by atoms with van der Waals surface area (Å²) in [6.45, 7) is 1.52. The van der Waals surface area contributed by atoms with E-state index in [0.717, 1.165) is 0 Å². The summed E-state index contributed by atoms with van der Waals surface area (Å²) in [5.41, 5.74) is 6.17. The van der Waals surface area contributed by atoms with Crippen LogP contribution in [0.1, 0.15) is 13.3 Å². The molecule has 0 aliphatic heterocycles. The van der Waals surface area contributed by atoms with Crippen LogP contribution in [0, 0.1) is 0 Å². The maximum absolute atomic E-state index is 11.7. The van der Waals surface area contributed by atoms with E-state index in [1.54, 1.807) is 0 Å². The molecule has 3 heteroatoms. The van der Waals surface area contributed by atoms with Gasteiger partial charge in [0.2, 0.25) is 0 Å². The molecule has 1 N–H and O–H groups in total. The minimum atomic E-state index is -1.57. The molecule has 1 unspecified atom stereocenters. The summed E-state index contributed by atoms with van der Waals surface area (Å²) in [7, 11) is 0. The lowest BCUT2D eigenvalue weighted by Gasteiger charge is -1.92. The predicted molar refractivity (Wildman–Crippen MR) is 23.3 cm³/mol. The largest absolute Gasteiger partial charge is 0.272 e. The van der Waals surface area contributed by atoms with E-state index in [0.29, 0.717) is 0 Å². The summed E-state index contributed by atoms with van der Waals surface area (Å²) in [6.07, 6.45) is -1.46. The lowest BCUT2D eigenvalue weighted by molar-refractivity contribution is -0.123. The molecule has 0 saturated carbocycles. The van der Waals surface area contributed by atoms with Crippen LogP contribution >= 0.6 is 0 Å². The van der Waals surface area contributed by atoms with Crippen molar-refractivity contribution in [1.29, 1.82) is 0 Å². The van der Waals surface area contributed by atoms with Crippen molar-refractivity contribution in [3.63, 3.8) is 0 Å². The van der Waals surface area contributed by atoms with E-state index in [1.807, 2.05) is 0 Å². The van der Waals surface area contributed by atoms with Crippen molar-refractivity contribution in [3.8, 4) is 0 Å². The smallest absolute Gasteiger partial charge is 0.270 e. The summed E-state index contributed by atoms with van der Waals surface area (Å²) in [6, 6.07) is 0. The van der Waals surface area contributed by atoms with Crippen molar-refractivity contribution in [2.75, 3.05) is 0 Å². The first kappa shape index (κ1) is 6.40. The van der Waals surface area contributed by atoms with E-state index >= 15 is 0 Å². The first-order valence-corrected chi connectivity index (χ1v) is 2.08. The van der Waals surface area contributed by atoms with Gasteiger partial charge in [0, 0.05) is 0 Å². The summed E-state index contributed by atoms with van der Waals surface area (Å²) in [5, 5.41) is 0. The van der Waals surface area contributed by atoms with Gasteiger partial charge in [0.05, 0.1) is 0 Å². The summed E-state index contributed by atoms with van der Waals surface area (Å²) in [4.78, 5) is 9.67. The standard InChI is InChI=1S/C4H7FNO/c1-2-3(5)4(6)7/h3,6H,2H2,1H3. The second kappa shape index (κ2) is 2.55. The molecule has 0 rings (SSSR count). The molecule has 0 bridgehead atoms. The molecule has 7 heavy (non-hydrogen) atoms. The molecule has 0 aromatic heterocycles. The van der Waals surface area contributed by atoms with Crippen LogP contribution in [0.4, 0.5) is 4.39 Å². The zero-order valence-electron chi connectivity index (χ0n) is 4.07. The molecular weight excluding hydrogens is 97.0 g/mol. The molecule has 1 amide bonds. The zero-order valence-corrected chi connectivity index (χ0v) is 4.07. The number of alkyl halides is 1. The molecule has 0 aromatic rings. The average Bonchev–Trinajstić information content (AvgIpc) is 1.65. The van der Waals surface area contributed by atoms with Crippen LogP contribution in [-0.4, -0.2) is 12.1 Å². The normalized spacial score (nSPS) is 13.4. The number of amides is 1. The fourth-order valence-corrected chi connectivity index (χ4v) is 0.185. The second-order valence-electron chi connectivity index (χ2n) is 1.24. The maximum atomic E-state index is 11.7. The van der Waals surface area contributed by atoms with Crippen LogP contribution in [-0.2, 0) is 4.79 Å². The number of hydrogen-bond acceptors (Lipinski definition) is 1. The van der Waals surface area contributed by atoms with Crippen LogP contribution in [0.25, 0.3) is 0 Å². The predicted octanol–water partition coefficient (Wildman–Crippen LogP) is 0.544. The van der Waals surface area contributed by atoms with Crippen LogP contribution in [0.15, 0.2) is 0 Å². The molecule has 0 heterocycles. The van der Waals surface area contributed by atoms with Crippen molar-refractivity contribution in [2.24, 2.45) is 0 Å². The fraction of sp³-hybridized carbons (Fsp3) is 0.750. The van der Waals surface area contributed by atoms with Gasteiger partial charge in [-0.05, 0) is 6.42 Å². The molecule has 0 saturated heterocycles. The highest BCUT2D eigenvalue weighted by Crippen LogP contribution is 1.93. The maximum Gasteiger partial charge on any atom is 0.272 e. The van der Waals surface area contributed by atoms with Gasteiger partial charge in [-0.15, -0.1) is 0 Å². The Morgan fingerprint density at radius 2 is 2.43 bits per heavy atom. The van der Waals surface area contributed by atoms with Gasteiger partial charge in [0.15, 0.2) is 6.17 Å². The molecule has 0 aromatic carbocycles. The summed E-state index contributed by atoms with van der Waals surface area (Å²) < 4.78 is 11.7.